The van der Waals surface area contributed by atoms with Crippen LogP contribution in [0.4, 0.5) is 0 Å². The molecule has 0 radical (unpaired) electrons. The second kappa shape index (κ2) is 5.18. The van der Waals surface area contributed by atoms with E-state index in [0.717, 1.165) is 18.4 Å². The lowest BCUT2D eigenvalue weighted by molar-refractivity contribution is -0.142. The highest BCUT2D eigenvalue weighted by Gasteiger charge is 2.20. The summed E-state index contributed by atoms with van der Waals surface area (Å²) in [5.74, 6) is -1.98. The van der Waals surface area contributed by atoms with Crippen molar-refractivity contribution in [1.29, 1.82) is 0 Å². The van der Waals surface area contributed by atoms with Gasteiger partial charge in [0.25, 0.3) is 0 Å². The van der Waals surface area contributed by atoms with Gasteiger partial charge in [0.2, 0.25) is 5.91 Å². The Morgan fingerprint density at radius 2 is 2.06 bits per heavy atom. The molecule has 0 spiro atoms. The highest BCUT2D eigenvalue weighted by Crippen LogP contribution is 2.22. The molecule has 2 rings (SSSR count). The summed E-state index contributed by atoms with van der Waals surface area (Å²) in [6, 6.07) is 4.59. The molecule has 0 saturated heterocycles. The number of nitrogens with one attached hydrogen (secondary N) is 1. The van der Waals surface area contributed by atoms with Gasteiger partial charge in [-0.3, -0.25) is 4.79 Å². The van der Waals surface area contributed by atoms with Crippen LogP contribution in [0.15, 0.2) is 18.2 Å². The van der Waals surface area contributed by atoms with E-state index in [1.54, 1.807) is 0 Å². The zero-order chi connectivity index (χ0) is 13.1. The minimum Gasteiger partial charge on any atom is -0.480 e. The molecule has 0 fully saturated rings. The van der Waals surface area contributed by atoms with E-state index in [-0.39, 0.29) is 0 Å². The summed E-state index contributed by atoms with van der Waals surface area (Å²) in [5.41, 5.74) is 8.87. The first-order valence-corrected chi connectivity index (χ1v) is 5.94. The maximum absolute atomic E-state index is 11.4. The van der Waals surface area contributed by atoms with Gasteiger partial charge in [0, 0.05) is 6.54 Å². The third kappa shape index (κ3) is 2.68. The molecule has 96 valence electrons. The molecular weight excluding hydrogens is 232 g/mol. The molecule has 5 nitrogen and oxygen atoms in total. The zero-order valence-electron chi connectivity index (χ0n) is 9.98. The van der Waals surface area contributed by atoms with Crippen LogP contribution >= 0.6 is 0 Å². The molecule has 1 aromatic carbocycles. The fourth-order valence-corrected chi connectivity index (χ4v) is 2.15. The van der Waals surface area contributed by atoms with Crippen LogP contribution in [0.5, 0.6) is 0 Å². The number of hydrogen-bond donors (Lipinski definition) is 3. The number of carbonyl (C=O) groups excluding carboxylic acids is 1. The summed E-state index contributed by atoms with van der Waals surface area (Å²) < 4.78 is 0. The largest absolute Gasteiger partial charge is 0.480 e. The van der Waals surface area contributed by atoms with Crippen LogP contribution < -0.4 is 11.1 Å². The zero-order valence-corrected chi connectivity index (χ0v) is 9.98. The maximum Gasteiger partial charge on any atom is 0.330 e. The van der Waals surface area contributed by atoms with E-state index in [2.05, 4.69) is 17.4 Å². The van der Waals surface area contributed by atoms with Crippen molar-refractivity contribution < 1.29 is 14.7 Å². The van der Waals surface area contributed by atoms with E-state index in [1.165, 1.54) is 17.5 Å². The average molecular weight is 248 g/mol. The van der Waals surface area contributed by atoms with Crippen LogP contribution in [-0.2, 0) is 29.0 Å². The normalized spacial score (nSPS) is 14.9. The highest BCUT2D eigenvalue weighted by molar-refractivity contribution is 6.00. The first-order chi connectivity index (χ1) is 8.58. The second-order valence-electron chi connectivity index (χ2n) is 4.49. The van der Waals surface area contributed by atoms with Gasteiger partial charge in [-0.15, -0.1) is 0 Å². The van der Waals surface area contributed by atoms with Gasteiger partial charge in [-0.05, 0) is 36.0 Å². The number of carboxylic acids is 1. The smallest absolute Gasteiger partial charge is 0.330 e. The number of nitrogens with two attached hydrogens (primary N) is 1. The summed E-state index contributed by atoms with van der Waals surface area (Å²) in [5, 5.41) is 11.1. The molecule has 0 bridgehead atoms. The Hall–Kier alpha value is -1.88. The number of amides is 1. The predicted octanol–water partition coefficient (Wildman–Crippen LogP) is 0.203. The molecule has 0 aliphatic heterocycles. The van der Waals surface area contributed by atoms with Crippen LogP contribution in [0.2, 0.25) is 0 Å². The van der Waals surface area contributed by atoms with Crippen molar-refractivity contribution in [3.05, 3.63) is 34.9 Å². The molecule has 1 aliphatic rings. The van der Waals surface area contributed by atoms with E-state index in [4.69, 9.17) is 10.8 Å². The molecule has 5 heteroatoms. The van der Waals surface area contributed by atoms with Crippen molar-refractivity contribution >= 4 is 11.9 Å². The number of aliphatic carboxylic acids is 1. The van der Waals surface area contributed by atoms with Gasteiger partial charge in [0.1, 0.15) is 0 Å². The summed E-state index contributed by atoms with van der Waals surface area (Å²) in [6.45, 7) is 0.313. The van der Waals surface area contributed by atoms with Crippen LogP contribution in [0.1, 0.15) is 23.1 Å². The minimum absolute atomic E-state index is 0.313. The lowest BCUT2D eigenvalue weighted by atomic mass is 10.1. The molecule has 1 amide bonds. The van der Waals surface area contributed by atoms with Gasteiger partial charge >= 0.3 is 5.97 Å². The maximum atomic E-state index is 11.4. The van der Waals surface area contributed by atoms with Gasteiger partial charge in [-0.1, -0.05) is 18.2 Å². The van der Waals surface area contributed by atoms with Gasteiger partial charge in [-0.2, -0.15) is 0 Å². The van der Waals surface area contributed by atoms with Gasteiger partial charge in [0.15, 0.2) is 6.04 Å². The van der Waals surface area contributed by atoms with E-state index >= 15 is 0 Å². The van der Waals surface area contributed by atoms with Crippen LogP contribution in [0, 0.1) is 0 Å². The van der Waals surface area contributed by atoms with E-state index in [1.807, 2.05) is 6.07 Å². The molecular formula is C13H16N2O3. The fraction of sp³-hybridized carbons (Fsp3) is 0.385. The quantitative estimate of drug-likeness (QED) is 0.664. The summed E-state index contributed by atoms with van der Waals surface area (Å²) in [7, 11) is 0. The van der Waals surface area contributed by atoms with Crippen molar-refractivity contribution in [3.8, 4) is 0 Å². The average Bonchev–Trinajstić information content (AvgIpc) is 2.82. The van der Waals surface area contributed by atoms with Crippen molar-refractivity contribution in [3.63, 3.8) is 0 Å². The van der Waals surface area contributed by atoms with E-state index < -0.39 is 17.9 Å². The lowest BCUT2D eigenvalue weighted by Gasteiger charge is -2.09. The van der Waals surface area contributed by atoms with Crippen LogP contribution in [-0.4, -0.2) is 23.0 Å². The molecule has 1 aliphatic carbocycles. The number of carbonyl (C=O) groups is 2. The Kier molecular flexibility index (Phi) is 3.62. The van der Waals surface area contributed by atoms with Crippen molar-refractivity contribution in [1.82, 2.24) is 5.32 Å². The Bertz CT molecular complexity index is 485. The molecule has 1 aromatic rings. The topological polar surface area (TPSA) is 92.4 Å². The van der Waals surface area contributed by atoms with Crippen molar-refractivity contribution in [2.45, 2.75) is 31.8 Å². The van der Waals surface area contributed by atoms with Crippen LogP contribution in [0.3, 0.4) is 0 Å². The molecule has 1 atom stereocenters. The minimum atomic E-state index is -1.50. The Balaban J connectivity index is 1.94. The summed E-state index contributed by atoms with van der Waals surface area (Å²) in [6.07, 6.45) is 3.37. The van der Waals surface area contributed by atoms with Crippen LogP contribution in [0.25, 0.3) is 0 Å². The summed E-state index contributed by atoms with van der Waals surface area (Å²) >= 11 is 0. The predicted molar refractivity (Wildman–Crippen MR) is 65.9 cm³/mol. The Morgan fingerprint density at radius 3 is 2.78 bits per heavy atom. The number of hydrogen-bond acceptors (Lipinski definition) is 3. The third-order valence-electron chi connectivity index (χ3n) is 3.18. The number of fused-ring (bicyclic) bond motifs is 1. The lowest BCUT2D eigenvalue weighted by Crippen LogP contribution is -2.45. The molecule has 0 saturated carbocycles. The van der Waals surface area contributed by atoms with E-state index in [0.29, 0.717) is 6.54 Å². The number of benzene rings is 1. The molecule has 1 unspecified atom stereocenters. The molecule has 0 heterocycles. The monoisotopic (exact) mass is 248 g/mol. The van der Waals surface area contributed by atoms with Crippen molar-refractivity contribution in [2.24, 2.45) is 5.73 Å². The van der Waals surface area contributed by atoms with E-state index in [9.17, 15) is 9.59 Å². The standard InChI is InChI=1S/C13H16N2O3/c14-11(13(17)18)12(16)15-7-8-4-5-9-2-1-3-10(9)6-8/h4-6,11H,1-3,7,14H2,(H,15,16)(H,17,18). The number of carboxylic acid groups (broad SMARTS) is 1. The SMILES string of the molecule is NC(C(=O)O)C(=O)NCc1ccc2c(c1)CCC2. The Morgan fingerprint density at radius 1 is 1.33 bits per heavy atom. The number of aryl methyl sites for hydroxylation is 2. The van der Waals surface area contributed by atoms with Gasteiger partial charge in [-0.25, -0.2) is 4.79 Å². The highest BCUT2D eigenvalue weighted by atomic mass is 16.4. The first-order valence-electron chi connectivity index (χ1n) is 5.94. The Labute approximate surface area is 105 Å². The molecule has 4 N–H and O–H groups in total. The first kappa shape index (κ1) is 12.6. The third-order valence-corrected chi connectivity index (χ3v) is 3.18. The molecule has 18 heavy (non-hydrogen) atoms. The second-order valence-corrected chi connectivity index (χ2v) is 4.49. The summed E-state index contributed by atoms with van der Waals surface area (Å²) in [4.78, 5) is 21.9. The van der Waals surface area contributed by atoms with Gasteiger partial charge < -0.3 is 16.2 Å². The van der Waals surface area contributed by atoms with Gasteiger partial charge in [0.05, 0.1) is 0 Å². The number of rotatable bonds is 4. The molecule has 0 aromatic heterocycles. The fourth-order valence-electron chi connectivity index (χ4n) is 2.15. The van der Waals surface area contributed by atoms with Crippen molar-refractivity contribution in [2.75, 3.05) is 0 Å².